The number of hydrogen-bond acceptors (Lipinski definition) is 3. The molecule has 108 valence electrons. The van der Waals surface area contributed by atoms with Crippen molar-refractivity contribution >= 4 is 23.6 Å². The highest BCUT2D eigenvalue weighted by atomic mass is 35.5. The number of para-hydroxylation sites is 1. The highest BCUT2D eigenvalue weighted by Gasteiger charge is 2.06. The Labute approximate surface area is 128 Å². The molecule has 0 atom stereocenters. The van der Waals surface area contributed by atoms with Gasteiger partial charge in [0.15, 0.2) is 0 Å². The van der Waals surface area contributed by atoms with E-state index >= 15 is 0 Å². The van der Waals surface area contributed by atoms with E-state index in [1.807, 2.05) is 37.3 Å². The number of benzene rings is 2. The Morgan fingerprint density at radius 2 is 1.90 bits per heavy atom. The largest absolute Gasteiger partial charge is 0.496 e. The molecule has 0 spiro atoms. The van der Waals surface area contributed by atoms with E-state index in [2.05, 4.69) is 0 Å². The van der Waals surface area contributed by atoms with E-state index in [9.17, 15) is 4.79 Å². The van der Waals surface area contributed by atoms with Gasteiger partial charge in [-0.1, -0.05) is 35.9 Å². The molecular formula is C17H15ClO3. The number of halogens is 1. The molecule has 3 nitrogen and oxygen atoms in total. The summed E-state index contributed by atoms with van der Waals surface area (Å²) in [5, 5.41) is 0.402. The maximum atomic E-state index is 11.8. The van der Waals surface area contributed by atoms with Crippen LogP contribution in [0.4, 0.5) is 0 Å². The van der Waals surface area contributed by atoms with Crippen LogP contribution in [-0.2, 0) is 4.79 Å². The number of methoxy groups -OCH3 is 1. The number of rotatable bonds is 4. The summed E-state index contributed by atoms with van der Waals surface area (Å²) in [6.45, 7) is 1.90. The van der Waals surface area contributed by atoms with Gasteiger partial charge in [0.05, 0.1) is 12.1 Å². The minimum Gasteiger partial charge on any atom is -0.496 e. The maximum absolute atomic E-state index is 11.8. The van der Waals surface area contributed by atoms with Crippen LogP contribution in [0.5, 0.6) is 11.5 Å². The Bertz CT molecular complexity index is 677. The third-order valence-electron chi connectivity index (χ3n) is 2.84. The van der Waals surface area contributed by atoms with Crippen molar-refractivity contribution in [2.45, 2.75) is 6.92 Å². The molecule has 0 bridgehead atoms. The first-order valence-corrected chi connectivity index (χ1v) is 6.77. The van der Waals surface area contributed by atoms with Gasteiger partial charge in [-0.05, 0) is 36.8 Å². The van der Waals surface area contributed by atoms with Crippen molar-refractivity contribution in [2.75, 3.05) is 7.11 Å². The van der Waals surface area contributed by atoms with Crippen LogP contribution in [-0.4, -0.2) is 13.1 Å². The van der Waals surface area contributed by atoms with Gasteiger partial charge in [-0.25, -0.2) is 4.79 Å². The van der Waals surface area contributed by atoms with E-state index in [1.54, 1.807) is 25.3 Å². The first-order valence-electron chi connectivity index (χ1n) is 6.39. The monoisotopic (exact) mass is 302 g/mol. The average molecular weight is 303 g/mol. The third kappa shape index (κ3) is 4.10. The lowest BCUT2D eigenvalue weighted by Gasteiger charge is -2.05. The molecule has 2 aromatic carbocycles. The summed E-state index contributed by atoms with van der Waals surface area (Å²) >= 11 is 5.98. The lowest BCUT2D eigenvalue weighted by Crippen LogP contribution is -2.04. The Balaban J connectivity index is 2.11. The van der Waals surface area contributed by atoms with E-state index in [4.69, 9.17) is 21.1 Å². The van der Waals surface area contributed by atoms with E-state index in [-0.39, 0.29) is 0 Å². The fourth-order valence-electron chi connectivity index (χ4n) is 1.79. The highest BCUT2D eigenvalue weighted by molar-refractivity contribution is 6.32. The van der Waals surface area contributed by atoms with E-state index < -0.39 is 5.97 Å². The van der Waals surface area contributed by atoms with Crippen LogP contribution >= 0.6 is 11.6 Å². The summed E-state index contributed by atoms with van der Waals surface area (Å²) in [7, 11) is 1.58. The molecule has 0 heterocycles. The van der Waals surface area contributed by atoms with Gasteiger partial charge in [0.1, 0.15) is 11.5 Å². The summed E-state index contributed by atoms with van der Waals surface area (Å²) in [4.78, 5) is 11.8. The standard InChI is InChI=1S/C17H15ClO3/c1-12-7-9-14(18)16(11-12)21-17(19)10-8-13-5-3-4-6-15(13)20-2/h3-11H,1-2H3/b10-8+. The summed E-state index contributed by atoms with van der Waals surface area (Å²) < 4.78 is 10.4. The molecule has 0 aromatic heterocycles. The zero-order valence-corrected chi connectivity index (χ0v) is 12.6. The van der Waals surface area contributed by atoms with Crippen molar-refractivity contribution in [1.82, 2.24) is 0 Å². The molecule has 0 saturated heterocycles. The first-order chi connectivity index (χ1) is 10.1. The van der Waals surface area contributed by atoms with Crippen LogP contribution < -0.4 is 9.47 Å². The van der Waals surface area contributed by atoms with Crippen LogP contribution in [0.25, 0.3) is 6.08 Å². The highest BCUT2D eigenvalue weighted by Crippen LogP contribution is 2.25. The second-order valence-corrected chi connectivity index (χ2v) is 4.84. The molecule has 4 heteroatoms. The van der Waals surface area contributed by atoms with Crippen LogP contribution in [0, 0.1) is 6.92 Å². The van der Waals surface area contributed by atoms with Gasteiger partial charge in [-0.3, -0.25) is 0 Å². The first kappa shape index (κ1) is 15.1. The summed E-state index contributed by atoms with van der Waals surface area (Å²) in [6, 6.07) is 12.7. The zero-order chi connectivity index (χ0) is 15.2. The third-order valence-corrected chi connectivity index (χ3v) is 3.15. The molecule has 0 unspecified atom stereocenters. The molecule has 0 amide bonds. The second-order valence-electron chi connectivity index (χ2n) is 4.43. The topological polar surface area (TPSA) is 35.5 Å². The minimum atomic E-state index is -0.492. The summed E-state index contributed by atoms with van der Waals surface area (Å²) in [6.07, 6.45) is 2.99. The molecule has 0 aliphatic heterocycles. The van der Waals surface area contributed by atoms with Crippen molar-refractivity contribution in [3.8, 4) is 11.5 Å². The molecule has 21 heavy (non-hydrogen) atoms. The molecular weight excluding hydrogens is 288 g/mol. The van der Waals surface area contributed by atoms with Gasteiger partial charge in [0.2, 0.25) is 0 Å². The van der Waals surface area contributed by atoms with Gasteiger partial charge in [-0.15, -0.1) is 0 Å². The number of carbonyl (C=O) groups excluding carboxylic acids is 1. The Hall–Kier alpha value is -2.26. The Morgan fingerprint density at radius 3 is 2.67 bits per heavy atom. The van der Waals surface area contributed by atoms with Crippen LogP contribution in [0.3, 0.4) is 0 Å². The molecule has 0 radical (unpaired) electrons. The Morgan fingerprint density at radius 1 is 1.14 bits per heavy atom. The predicted octanol–water partition coefficient (Wildman–Crippen LogP) is 4.28. The molecule has 2 aromatic rings. The van der Waals surface area contributed by atoms with Crippen LogP contribution in [0.2, 0.25) is 5.02 Å². The van der Waals surface area contributed by atoms with Crippen molar-refractivity contribution < 1.29 is 14.3 Å². The number of esters is 1. The summed E-state index contributed by atoms with van der Waals surface area (Å²) in [5.74, 6) is 0.551. The van der Waals surface area contributed by atoms with E-state index in [0.29, 0.717) is 16.5 Å². The molecule has 0 aliphatic rings. The quantitative estimate of drug-likeness (QED) is 0.480. The lowest BCUT2D eigenvalue weighted by molar-refractivity contribution is -0.128. The molecule has 0 fully saturated rings. The number of aryl methyl sites for hydroxylation is 1. The Kier molecular flexibility index (Phi) is 5.01. The van der Waals surface area contributed by atoms with E-state index in [1.165, 1.54) is 6.08 Å². The molecule has 0 saturated carbocycles. The molecule has 0 aliphatic carbocycles. The van der Waals surface area contributed by atoms with Gasteiger partial charge in [0, 0.05) is 11.6 Å². The smallest absolute Gasteiger partial charge is 0.336 e. The fraction of sp³-hybridized carbons (Fsp3) is 0.118. The maximum Gasteiger partial charge on any atom is 0.336 e. The van der Waals surface area contributed by atoms with Crippen LogP contribution in [0.15, 0.2) is 48.5 Å². The zero-order valence-electron chi connectivity index (χ0n) is 11.8. The number of carbonyl (C=O) groups is 1. The minimum absolute atomic E-state index is 0.353. The SMILES string of the molecule is COc1ccccc1/C=C/C(=O)Oc1cc(C)ccc1Cl. The van der Waals surface area contributed by atoms with Gasteiger partial charge >= 0.3 is 5.97 Å². The fourth-order valence-corrected chi connectivity index (χ4v) is 1.95. The van der Waals surface area contributed by atoms with Crippen LogP contribution in [0.1, 0.15) is 11.1 Å². The molecule has 2 rings (SSSR count). The van der Waals surface area contributed by atoms with Crippen molar-refractivity contribution in [3.05, 3.63) is 64.7 Å². The van der Waals surface area contributed by atoms with Crippen molar-refractivity contribution in [1.29, 1.82) is 0 Å². The van der Waals surface area contributed by atoms with Crippen molar-refractivity contribution in [3.63, 3.8) is 0 Å². The van der Waals surface area contributed by atoms with Gasteiger partial charge < -0.3 is 9.47 Å². The lowest BCUT2D eigenvalue weighted by atomic mass is 10.2. The average Bonchev–Trinajstić information content (AvgIpc) is 2.49. The van der Waals surface area contributed by atoms with Gasteiger partial charge in [0.25, 0.3) is 0 Å². The molecule has 0 N–H and O–H groups in total. The predicted molar refractivity (Wildman–Crippen MR) is 83.9 cm³/mol. The number of hydrogen-bond donors (Lipinski definition) is 0. The van der Waals surface area contributed by atoms with Gasteiger partial charge in [-0.2, -0.15) is 0 Å². The van der Waals surface area contributed by atoms with E-state index in [0.717, 1.165) is 11.1 Å². The second kappa shape index (κ2) is 6.95. The van der Waals surface area contributed by atoms with Crippen molar-refractivity contribution in [2.24, 2.45) is 0 Å². The summed E-state index contributed by atoms with van der Waals surface area (Å²) in [5.41, 5.74) is 1.77. The number of ether oxygens (including phenoxy) is 2. The normalized spacial score (nSPS) is 10.6.